The van der Waals surface area contributed by atoms with E-state index in [4.69, 9.17) is 9.47 Å². The minimum absolute atomic E-state index is 0.294. The number of nitrogens with one attached hydrogen (secondary N) is 1. The van der Waals surface area contributed by atoms with Crippen LogP contribution < -0.4 is 14.8 Å². The highest BCUT2D eigenvalue weighted by Gasteiger charge is 2.16. The Hall–Kier alpha value is -1.52. The second-order valence-corrected chi connectivity index (χ2v) is 6.16. The highest BCUT2D eigenvalue weighted by atomic mass is 79.9. The molecule has 2 aromatic rings. The van der Waals surface area contributed by atoms with Gasteiger partial charge in [-0.05, 0) is 37.1 Å². The van der Waals surface area contributed by atoms with Crippen molar-refractivity contribution in [2.75, 3.05) is 6.79 Å². The zero-order valence-corrected chi connectivity index (χ0v) is 13.7. The maximum Gasteiger partial charge on any atom is 0.231 e. The zero-order valence-electron chi connectivity index (χ0n) is 12.2. The van der Waals surface area contributed by atoms with Gasteiger partial charge in [-0.3, -0.25) is 0 Å². The first-order chi connectivity index (χ1) is 10.1. The fourth-order valence-electron chi connectivity index (χ4n) is 2.33. The van der Waals surface area contributed by atoms with Gasteiger partial charge in [0.05, 0.1) is 0 Å². The van der Waals surface area contributed by atoms with Gasteiger partial charge in [-0.2, -0.15) is 0 Å². The molecule has 110 valence electrons. The van der Waals surface area contributed by atoms with Crippen molar-refractivity contribution < 1.29 is 9.47 Å². The first-order valence-corrected chi connectivity index (χ1v) is 7.81. The molecule has 0 bridgehead atoms. The third-order valence-corrected chi connectivity index (χ3v) is 4.46. The predicted molar refractivity (Wildman–Crippen MR) is 86.7 cm³/mol. The quantitative estimate of drug-likeness (QED) is 0.892. The molecule has 0 amide bonds. The Kier molecular flexibility index (Phi) is 4.17. The Bertz CT molecular complexity index is 640. The zero-order chi connectivity index (χ0) is 14.8. The van der Waals surface area contributed by atoms with Crippen LogP contribution in [0.4, 0.5) is 0 Å². The van der Waals surface area contributed by atoms with E-state index >= 15 is 0 Å². The van der Waals surface area contributed by atoms with Crippen molar-refractivity contribution in [1.82, 2.24) is 5.32 Å². The Morgan fingerprint density at radius 2 is 1.81 bits per heavy atom. The summed E-state index contributed by atoms with van der Waals surface area (Å²) in [6.45, 7) is 5.35. The van der Waals surface area contributed by atoms with E-state index in [0.29, 0.717) is 12.8 Å². The molecule has 1 aliphatic heterocycles. The lowest BCUT2D eigenvalue weighted by Gasteiger charge is -2.15. The summed E-state index contributed by atoms with van der Waals surface area (Å²) >= 11 is 3.59. The van der Waals surface area contributed by atoms with Gasteiger partial charge in [0, 0.05) is 17.1 Å². The SMILES string of the molecule is Cc1ccc([C@@H](C)NCc2cc3c(cc2Br)OCO3)cc1. The van der Waals surface area contributed by atoms with Crippen molar-refractivity contribution in [2.45, 2.75) is 26.4 Å². The molecule has 0 saturated carbocycles. The summed E-state index contributed by atoms with van der Waals surface area (Å²) in [5.74, 6) is 1.62. The monoisotopic (exact) mass is 347 g/mol. The third-order valence-electron chi connectivity index (χ3n) is 3.72. The van der Waals surface area contributed by atoms with Crippen LogP contribution in [0.2, 0.25) is 0 Å². The number of hydrogen-bond acceptors (Lipinski definition) is 3. The van der Waals surface area contributed by atoms with Crippen LogP contribution in [0.5, 0.6) is 11.5 Å². The summed E-state index contributed by atoms with van der Waals surface area (Å²) < 4.78 is 11.8. The summed E-state index contributed by atoms with van der Waals surface area (Å²) in [6.07, 6.45) is 0. The second-order valence-electron chi connectivity index (χ2n) is 5.31. The van der Waals surface area contributed by atoms with Crippen molar-refractivity contribution in [3.8, 4) is 11.5 Å². The molecule has 3 rings (SSSR count). The third kappa shape index (κ3) is 3.22. The molecule has 2 aromatic carbocycles. The number of hydrogen-bond donors (Lipinski definition) is 1. The van der Waals surface area contributed by atoms with Crippen molar-refractivity contribution in [3.05, 3.63) is 57.6 Å². The predicted octanol–water partition coefficient (Wildman–Crippen LogP) is 4.34. The second kappa shape index (κ2) is 6.08. The molecule has 0 saturated heterocycles. The van der Waals surface area contributed by atoms with Gasteiger partial charge in [-0.25, -0.2) is 0 Å². The van der Waals surface area contributed by atoms with Crippen molar-refractivity contribution in [3.63, 3.8) is 0 Å². The smallest absolute Gasteiger partial charge is 0.231 e. The topological polar surface area (TPSA) is 30.5 Å². The van der Waals surface area contributed by atoms with Crippen LogP contribution in [0.25, 0.3) is 0 Å². The number of halogens is 1. The van der Waals surface area contributed by atoms with E-state index in [2.05, 4.69) is 59.4 Å². The standard InChI is InChI=1S/C17H18BrNO2/c1-11-3-5-13(6-4-11)12(2)19-9-14-7-16-17(8-15(14)18)21-10-20-16/h3-8,12,19H,9-10H2,1-2H3/t12-/m1/s1. The number of fused-ring (bicyclic) bond motifs is 1. The molecule has 1 atom stereocenters. The molecule has 0 aromatic heterocycles. The van der Waals surface area contributed by atoms with E-state index in [1.165, 1.54) is 16.7 Å². The van der Waals surface area contributed by atoms with Crippen molar-refractivity contribution in [1.29, 1.82) is 0 Å². The van der Waals surface area contributed by atoms with Gasteiger partial charge in [0.2, 0.25) is 6.79 Å². The summed E-state index contributed by atoms with van der Waals surface area (Å²) in [7, 11) is 0. The molecule has 1 heterocycles. The number of ether oxygens (including phenoxy) is 2. The first kappa shape index (κ1) is 14.4. The maximum absolute atomic E-state index is 5.43. The molecular formula is C17H18BrNO2. The van der Waals surface area contributed by atoms with Crippen LogP contribution in [0.3, 0.4) is 0 Å². The van der Waals surface area contributed by atoms with E-state index < -0.39 is 0 Å². The Balaban J connectivity index is 1.68. The Labute approximate surface area is 133 Å². The summed E-state index contributed by atoms with van der Waals surface area (Å²) in [5.41, 5.74) is 3.74. The largest absolute Gasteiger partial charge is 0.454 e. The fourth-order valence-corrected chi connectivity index (χ4v) is 2.79. The van der Waals surface area contributed by atoms with Crippen LogP contribution in [-0.4, -0.2) is 6.79 Å². The highest BCUT2D eigenvalue weighted by Crippen LogP contribution is 2.37. The van der Waals surface area contributed by atoms with E-state index in [0.717, 1.165) is 22.5 Å². The summed E-state index contributed by atoms with van der Waals surface area (Å²) in [5, 5.41) is 3.54. The maximum atomic E-state index is 5.43. The van der Waals surface area contributed by atoms with Gasteiger partial charge in [-0.1, -0.05) is 45.8 Å². The van der Waals surface area contributed by atoms with E-state index in [1.807, 2.05) is 12.1 Å². The Morgan fingerprint density at radius 1 is 1.14 bits per heavy atom. The number of rotatable bonds is 4. The van der Waals surface area contributed by atoms with Crippen molar-refractivity contribution in [2.24, 2.45) is 0 Å². The van der Waals surface area contributed by atoms with Crippen molar-refractivity contribution >= 4 is 15.9 Å². The minimum atomic E-state index is 0.294. The number of benzene rings is 2. The van der Waals surface area contributed by atoms with Crippen LogP contribution in [0, 0.1) is 6.92 Å². The first-order valence-electron chi connectivity index (χ1n) is 7.01. The van der Waals surface area contributed by atoms with E-state index in [9.17, 15) is 0 Å². The summed E-state index contributed by atoms with van der Waals surface area (Å²) in [4.78, 5) is 0. The lowest BCUT2D eigenvalue weighted by Crippen LogP contribution is -2.18. The Morgan fingerprint density at radius 3 is 2.52 bits per heavy atom. The summed E-state index contributed by atoms with van der Waals surface area (Å²) in [6, 6.07) is 12.9. The van der Waals surface area contributed by atoms with Gasteiger partial charge >= 0.3 is 0 Å². The number of aryl methyl sites for hydroxylation is 1. The molecule has 0 aliphatic carbocycles. The fraction of sp³-hybridized carbons (Fsp3) is 0.294. The molecule has 21 heavy (non-hydrogen) atoms. The molecule has 4 heteroatoms. The van der Waals surface area contributed by atoms with Crippen LogP contribution >= 0.6 is 15.9 Å². The lowest BCUT2D eigenvalue weighted by molar-refractivity contribution is 0.174. The molecule has 0 radical (unpaired) electrons. The van der Waals surface area contributed by atoms with Crippen LogP contribution in [0.15, 0.2) is 40.9 Å². The highest BCUT2D eigenvalue weighted by molar-refractivity contribution is 9.10. The molecule has 3 nitrogen and oxygen atoms in total. The lowest BCUT2D eigenvalue weighted by atomic mass is 10.1. The van der Waals surface area contributed by atoms with E-state index in [-0.39, 0.29) is 0 Å². The van der Waals surface area contributed by atoms with Crippen LogP contribution in [0.1, 0.15) is 29.7 Å². The van der Waals surface area contributed by atoms with Gasteiger partial charge in [0.1, 0.15) is 0 Å². The van der Waals surface area contributed by atoms with Crippen LogP contribution in [-0.2, 0) is 6.54 Å². The van der Waals surface area contributed by atoms with Gasteiger partial charge < -0.3 is 14.8 Å². The molecule has 0 unspecified atom stereocenters. The molecular weight excluding hydrogens is 330 g/mol. The molecule has 1 N–H and O–H groups in total. The van der Waals surface area contributed by atoms with E-state index in [1.54, 1.807) is 0 Å². The molecule has 1 aliphatic rings. The average molecular weight is 348 g/mol. The van der Waals surface area contributed by atoms with Gasteiger partial charge in [0.25, 0.3) is 0 Å². The van der Waals surface area contributed by atoms with Gasteiger partial charge in [-0.15, -0.1) is 0 Å². The molecule has 0 fully saturated rings. The minimum Gasteiger partial charge on any atom is -0.454 e. The normalized spacial score (nSPS) is 14.2. The van der Waals surface area contributed by atoms with Gasteiger partial charge in [0.15, 0.2) is 11.5 Å². The average Bonchev–Trinajstić information content (AvgIpc) is 2.92. The molecule has 0 spiro atoms.